The number of aromatic nitrogens is 2. The van der Waals surface area contributed by atoms with Crippen LogP contribution >= 0.6 is 43.2 Å². The monoisotopic (exact) mass is 378 g/mol. The maximum atomic E-state index is 4.68. The number of hydrogen-bond donors (Lipinski definition) is 0. The van der Waals surface area contributed by atoms with E-state index in [0.29, 0.717) is 5.92 Å². The molecule has 2 nitrogen and oxygen atoms in total. The summed E-state index contributed by atoms with van der Waals surface area (Å²) >= 11 is 9.01. The van der Waals surface area contributed by atoms with E-state index in [9.17, 15) is 0 Å². The number of nitrogens with zero attached hydrogens (tertiary/aromatic N) is 2. The van der Waals surface area contributed by atoms with Crippen molar-refractivity contribution >= 4 is 48.2 Å². The highest BCUT2D eigenvalue weighted by atomic mass is 79.9. The summed E-state index contributed by atoms with van der Waals surface area (Å²) in [5.74, 6) is 0.612. The van der Waals surface area contributed by atoms with Gasteiger partial charge in [-0.15, -0.1) is 11.3 Å². The van der Waals surface area contributed by atoms with Crippen LogP contribution in [-0.4, -0.2) is 20.0 Å². The Kier molecular flexibility index (Phi) is 4.31. The largest absolute Gasteiger partial charge is 0.297 e. The number of alkyl halides is 2. The third-order valence-electron chi connectivity index (χ3n) is 3.43. The van der Waals surface area contributed by atoms with Gasteiger partial charge in [-0.3, -0.25) is 4.40 Å². The third kappa shape index (κ3) is 2.61. The minimum atomic E-state index is 0.240. The predicted molar refractivity (Wildman–Crippen MR) is 81.6 cm³/mol. The van der Waals surface area contributed by atoms with Gasteiger partial charge in [-0.05, 0) is 17.8 Å². The van der Waals surface area contributed by atoms with Crippen molar-refractivity contribution in [1.29, 1.82) is 0 Å². The maximum absolute atomic E-state index is 4.68. The molecule has 0 aliphatic heterocycles. The van der Waals surface area contributed by atoms with E-state index >= 15 is 0 Å². The molecule has 0 aromatic carbocycles. The summed E-state index contributed by atoms with van der Waals surface area (Å²) in [6, 6.07) is 0. The summed E-state index contributed by atoms with van der Waals surface area (Å²) in [5, 5.41) is 4.05. The van der Waals surface area contributed by atoms with E-state index in [1.165, 1.54) is 5.69 Å². The smallest absolute Gasteiger partial charge is 0.193 e. The fourth-order valence-corrected chi connectivity index (χ4v) is 5.20. The Labute approximate surface area is 123 Å². The normalized spacial score (nSPS) is 12.8. The van der Waals surface area contributed by atoms with Crippen LogP contribution in [-0.2, 0) is 6.42 Å². The topological polar surface area (TPSA) is 17.3 Å². The number of hydrogen-bond acceptors (Lipinski definition) is 2. The Bertz CT molecular complexity index is 457. The van der Waals surface area contributed by atoms with Crippen molar-refractivity contribution < 1.29 is 0 Å². The van der Waals surface area contributed by atoms with Gasteiger partial charge in [-0.2, -0.15) is 0 Å². The van der Waals surface area contributed by atoms with Crippen LogP contribution in [0.1, 0.15) is 19.5 Å². The molecule has 0 fully saturated rings. The molecule has 2 heterocycles. The van der Waals surface area contributed by atoms with Crippen LogP contribution in [0.3, 0.4) is 0 Å². The van der Waals surface area contributed by atoms with E-state index in [0.717, 1.165) is 22.0 Å². The Morgan fingerprint density at radius 3 is 2.65 bits per heavy atom. The van der Waals surface area contributed by atoms with Gasteiger partial charge in [0.15, 0.2) is 4.96 Å². The van der Waals surface area contributed by atoms with Crippen molar-refractivity contribution in [3.63, 3.8) is 0 Å². The molecule has 0 aliphatic rings. The summed E-state index contributed by atoms with van der Waals surface area (Å²) < 4.78 is 2.10. The predicted octanol–water partition coefficient (Wildman–Crippen LogP) is 4.37. The molecule has 2 aromatic rings. The second kappa shape index (κ2) is 5.41. The molecule has 0 saturated carbocycles. The molecular weight excluding hydrogens is 364 g/mol. The molecule has 0 spiro atoms. The molecular formula is C12H16Br2N2S. The molecule has 0 aliphatic carbocycles. The Balaban J connectivity index is 2.26. The van der Waals surface area contributed by atoms with Gasteiger partial charge >= 0.3 is 0 Å². The van der Waals surface area contributed by atoms with Gasteiger partial charge in [0.2, 0.25) is 0 Å². The Morgan fingerprint density at radius 2 is 2.12 bits per heavy atom. The molecule has 2 rings (SSSR count). The Hall–Kier alpha value is 0.130. The van der Waals surface area contributed by atoms with Crippen LogP contribution in [0.4, 0.5) is 0 Å². The lowest BCUT2D eigenvalue weighted by Crippen LogP contribution is -2.33. The highest BCUT2D eigenvalue weighted by Gasteiger charge is 2.32. The summed E-state index contributed by atoms with van der Waals surface area (Å²) in [7, 11) is 0. The van der Waals surface area contributed by atoms with Gasteiger partial charge < -0.3 is 0 Å². The van der Waals surface area contributed by atoms with Crippen LogP contribution in [0, 0.1) is 11.3 Å². The number of fused-ring (bicyclic) bond motifs is 1. The van der Waals surface area contributed by atoms with Gasteiger partial charge in [-0.1, -0.05) is 45.7 Å². The third-order valence-corrected chi connectivity index (χ3v) is 6.44. The van der Waals surface area contributed by atoms with Gasteiger partial charge in [0, 0.05) is 28.4 Å². The van der Waals surface area contributed by atoms with Gasteiger partial charge in [0.1, 0.15) is 0 Å². The van der Waals surface area contributed by atoms with Crippen molar-refractivity contribution in [2.45, 2.75) is 20.3 Å². The number of halogens is 2. The summed E-state index contributed by atoms with van der Waals surface area (Å²) in [6.07, 6.45) is 5.22. The first-order chi connectivity index (χ1) is 8.11. The molecule has 0 unspecified atom stereocenters. The van der Waals surface area contributed by atoms with Gasteiger partial charge in [-0.25, -0.2) is 4.98 Å². The first kappa shape index (κ1) is 13.6. The SMILES string of the molecule is CC(C)C(CBr)(CBr)Cc1cn2ccsc2n1. The highest BCUT2D eigenvalue weighted by Crippen LogP contribution is 2.35. The van der Waals surface area contributed by atoms with Crippen LogP contribution in [0.5, 0.6) is 0 Å². The highest BCUT2D eigenvalue weighted by molar-refractivity contribution is 9.09. The minimum Gasteiger partial charge on any atom is -0.297 e. The minimum absolute atomic E-state index is 0.240. The fourth-order valence-electron chi connectivity index (χ4n) is 1.86. The standard InChI is InChI=1S/C12H16Br2N2S/c1-9(2)12(7-13,8-14)5-10-6-16-3-4-17-11(16)15-10/h3-4,6,9H,5,7-8H2,1-2H3. The zero-order valence-electron chi connectivity index (χ0n) is 9.99. The second-order valence-electron chi connectivity index (χ2n) is 4.79. The molecule has 0 N–H and O–H groups in total. The van der Waals surface area contributed by atoms with Gasteiger partial charge in [0.05, 0.1) is 5.69 Å². The molecule has 0 radical (unpaired) electrons. The number of imidazole rings is 1. The molecule has 0 bridgehead atoms. The molecule has 0 amide bonds. The van der Waals surface area contributed by atoms with Crippen molar-refractivity contribution in [1.82, 2.24) is 9.38 Å². The number of rotatable bonds is 5. The molecule has 17 heavy (non-hydrogen) atoms. The van der Waals surface area contributed by atoms with E-state index in [4.69, 9.17) is 0 Å². The quantitative estimate of drug-likeness (QED) is 0.705. The molecule has 94 valence electrons. The first-order valence-electron chi connectivity index (χ1n) is 5.64. The lowest BCUT2D eigenvalue weighted by atomic mass is 9.77. The van der Waals surface area contributed by atoms with Crippen molar-refractivity contribution in [2.24, 2.45) is 11.3 Å². The zero-order chi connectivity index (χ0) is 12.5. The van der Waals surface area contributed by atoms with Crippen LogP contribution in [0.25, 0.3) is 4.96 Å². The number of thiazole rings is 1. The Morgan fingerprint density at radius 1 is 1.41 bits per heavy atom. The summed E-state index contributed by atoms with van der Waals surface area (Å²) in [6.45, 7) is 4.56. The van der Waals surface area contributed by atoms with E-state index in [1.807, 2.05) is 0 Å². The lowest BCUT2D eigenvalue weighted by Gasteiger charge is -2.33. The maximum Gasteiger partial charge on any atom is 0.193 e. The van der Waals surface area contributed by atoms with E-state index in [2.05, 4.69) is 72.9 Å². The summed E-state index contributed by atoms with van der Waals surface area (Å²) in [5.41, 5.74) is 1.42. The zero-order valence-corrected chi connectivity index (χ0v) is 14.0. The first-order valence-corrected chi connectivity index (χ1v) is 8.76. The molecule has 5 heteroatoms. The van der Waals surface area contributed by atoms with Crippen molar-refractivity contribution in [2.75, 3.05) is 10.7 Å². The fraction of sp³-hybridized carbons (Fsp3) is 0.583. The van der Waals surface area contributed by atoms with E-state index in [-0.39, 0.29) is 5.41 Å². The van der Waals surface area contributed by atoms with E-state index < -0.39 is 0 Å². The molecule has 2 aromatic heterocycles. The lowest BCUT2D eigenvalue weighted by molar-refractivity contribution is 0.265. The second-order valence-corrected chi connectivity index (χ2v) is 6.78. The average molecular weight is 380 g/mol. The van der Waals surface area contributed by atoms with Gasteiger partial charge in [0.25, 0.3) is 0 Å². The van der Waals surface area contributed by atoms with Crippen molar-refractivity contribution in [3.8, 4) is 0 Å². The van der Waals surface area contributed by atoms with Crippen LogP contribution < -0.4 is 0 Å². The van der Waals surface area contributed by atoms with E-state index in [1.54, 1.807) is 11.3 Å². The molecule has 0 saturated heterocycles. The average Bonchev–Trinajstić information content (AvgIpc) is 2.85. The van der Waals surface area contributed by atoms with Crippen molar-refractivity contribution in [3.05, 3.63) is 23.5 Å². The molecule has 0 atom stereocenters. The summed E-state index contributed by atoms with van der Waals surface area (Å²) in [4.78, 5) is 5.76. The van der Waals surface area contributed by atoms with Crippen LogP contribution in [0.15, 0.2) is 17.8 Å². The van der Waals surface area contributed by atoms with Crippen LogP contribution in [0.2, 0.25) is 0 Å².